The highest BCUT2D eigenvalue weighted by Crippen LogP contribution is 2.26. The third-order valence-corrected chi connectivity index (χ3v) is 3.43. The van der Waals surface area contributed by atoms with Gasteiger partial charge in [-0.15, -0.1) is 0 Å². The molecule has 1 saturated carbocycles. The second kappa shape index (κ2) is 6.61. The highest BCUT2D eigenvalue weighted by molar-refractivity contribution is 4.77. The van der Waals surface area contributed by atoms with Crippen molar-refractivity contribution in [3.63, 3.8) is 0 Å². The van der Waals surface area contributed by atoms with Crippen LogP contribution < -0.4 is 5.32 Å². The molecule has 2 unspecified atom stereocenters. The molecule has 0 aliphatic heterocycles. The molecule has 1 rings (SSSR count). The van der Waals surface area contributed by atoms with E-state index in [1.165, 1.54) is 32.1 Å². The minimum Gasteiger partial charge on any atom is -0.375 e. The molecule has 0 aromatic heterocycles. The Balaban J connectivity index is 2.08. The molecule has 0 aromatic carbocycles. The predicted molar refractivity (Wildman–Crippen MR) is 69.7 cm³/mol. The lowest BCUT2D eigenvalue weighted by molar-refractivity contribution is -0.00221. The molecule has 0 heterocycles. The van der Waals surface area contributed by atoms with Crippen LogP contribution >= 0.6 is 0 Å². The molecule has 96 valence electrons. The molecule has 0 bridgehead atoms. The predicted octanol–water partition coefficient (Wildman–Crippen LogP) is 3.36. The van der Waals surface area contributed by atoms with E-state index < -0.39 is 0 Å². The zero-order chi connectivity index (χ0) is 12.0. The summed E-state index contributed by atoms with van der Waals surface area (Å²) in [7, 11) is 0. The van der Waals surface area contributed by atoms with Crippen molar-refractivity contribution in [1.29, 1.82) is 0 Å². The Kier molecular flexibility index (Phi) is 5.77. The third kappa shape index (κ3) is 5.86. The Morgan fingerprint density at radius 2 is 2.00 bits per heavy atom. The Morgan fingerprint density at radius 1 is 1.25 bits per heavy atom. The Morgan fingerprint density at radius 3 is 2.62 bits per heavy atom. The van der Waals surface area contributed by atoms with E-state index in [1.54, 1.807) is 0 Å². The quantitative estimate of drug-likeness (QED) is 0.727. The van der Waals surface area contributed by atoms with E-state index in [-0.39, 0.29) is 5.60 Å². The first-order chi connectivity index (χ1) is 7.51. The monoisotopic (exact) mass is 227 g/mol. The summed E-state index contributed by atoms with van der Waals surface area (Å²) < 4.78 is 5.71. The van der Waals surface area contributed by atoms with Gasteiger partial charge < -0.3 is 10.1 Å². The first kappa shape index (κ1) is 14.0. The van der Waals surface area contributed by atoms with E-state index in [0.29, 0.717) is 0 Å². The van der Waals surface area contributed by atoms with Crippen molar-refractivity contribution in [3.05, 3.63) is 0 Å². The van der Waals surface area contributed by atoms with Gasteiger partial charge in [-0.05, 0) is 39.5 Å². The van der Waals surface area contributed by atoms with Crippen LogP contribution in [0.15, 0.2) is 0 Å². The van der Waals surface area contributed by atoms with Gasteiger partial charge in [0.25, 0.3) is 0 Å². The number of hydrogen-bond donors (Lipinski definition) is 1. The summed E-state index contributed by atoms with van der Waals surface area (Å²) in [5.41, 5.74) is 0.000197. The highest BCUT2D eigenvalue weighted by Gasteiger charge is 2.20. The Bertz CT molecular complexity index is 186. The summed E-state index contributed by atoms with van der Waals surface area (Å²) in [6.07, 6.45) is 6.90. The van der Waals surface area contributed by atoms with Crippen LogP contribution in [-0.4, -0.2) is 24.8 Å². The van der Waals surface area contributed by atoms with Gasteiger partial charge in [-0.1, -0.05) is 26.2 Å². The molecule has 0 saturated heterocycles. The Hall–Kier alpha value is -0.0800. The van der Waals surface area contributed by atoms with E-state index in [2.05, 4.69) is 33.0 Å². The molecule has 2 atom stereocenters. The maximum Gasteiger partial charge on any atom is 0.0599 e. The fraction of sp³-hybridized carbons (Fsp3) is 1.00. The van der Waals surface area contributed by atoms with Crippen LogP contribution in [-0.2, 0) is 4.74 Å². The van der Waals surface area contributed by atoms with Gasteiger partial charge in [-0.3, -0.25) is 0 Å². The van der Waals surface area contributed by atoms with Crippen LogP contribution in [0.2, 0.25) is 0 Å². The fourth-order valence-corrected chi connectivity index (χ4v) is 2.47. The lowest BCUT2D eigenvalue weighted by Crippen LogP contribution is -2.37. The zero-order valence-corrected chi connectivity index (χ0v) is 11.5. The molecule has 1 aliphatic rings. The van der Waals surface area contributed by atoms with E-state index in [1.807, 2.05) is 0 Å². The second-order valence-corrected chi connectivity index (χ2v) is 6.05. The van der Waals surface area contributed by atoms with Gasteiger partial charge in [0.05, 0.1) is 12.2 Å². The van der Waals surface area contributed by atoms with Crippen LogP contribution in [0.4, 0.5) is 0 Å². The van der Waals surface area contributed by atoms with Crippen LogP contribution in [0.3, 0.4) is 0 Å². The van der Waals surface area contributed by atoms with E-state index in [0.717, 1.165) is 25.1 Å². The molecular formula is C14H29NO. The number of nitrogens with one attached hydrogen (secondary N) is 1. The van der Waals surface area contributed by atoms with Gasteiger partial charge in [-0.25, -0.2) is 0 Å². The van der Waals surface area contributed by atoms with Crippen molar-refractivity contribution in [3.8, 4) is 0 Å². The average molecular weight is 227 g/mol. The smallest absolute Gasteiger partial charge is 0.0599 e. The van der Waals surface area contributed by atoms with Crippen molar-refractivity contribution in [2.45, 2.75) is 71.4 Å². The molecule has 0 radical (unpaired) electrons. The lowest BCUT2D eigenvalue weighted by atomic mass is 9.84. The van der Waals surface area contributed by atoms with E-state index in [9.17, 15) is 0 Å². The standard InChI is InChI=1S/C14H29NO/c1-5-12-7-6-8-13(11-12)15-9-10-16-14(2,3)4/h12-13,15H,5-11H2,1-4H3. The van der Waals surface area contributed by atoms with Crippen LogP contribution in [0.5, 0.6) is 0 Å². The molecule has 1 fully saturated rings. The fourth-order valence-electron chi connectivity index (χ4n) is 2.47. The van der Waals surface area contributed by atoms with Crippen molar-refractivity contribution < 1.29 is 4.74 Å². The molecular weight excluding hydrogens is 198 g/mol. The maximum absolute atomic E-state index is 5.71. The topological polar surface area (TPSA) is 21.3 Å². The minimum absolute atomic E-state index is 0.000197. The Labute approximate surface area is 101 Å². The van der Waals surface area contributed by atoms with Crippen LogP contribution in [0, 0.1) is 5.92 Å². The highest BCUT2D eigenvalue weighted by atomic mass is 16.5. The summed E-state index contributed by atoms with van der Waals surface area (Å²) in [6.45, 7) is 10.5. The molecule has 2 nitrogen and oxygen atoms in total. The molecule has 16 heavy (non-hydrogen) atoms. The molecule has 1 N–H and O–H groups in total. The summed E-state index contributed by atoms with van der Waals surface area (Å²) >= 11 is 0. The first-order valence-corrected chi connectivity index (χ1v) is 6.88. The zero-order valence-electron chi connectivity index (χ0n) is 11.5. The minimum atomic E-state index is 0.000197. The van der Waals surface area contributed by atoms with Gasteiger partial charge in [0.15, 0.2) is 0 Å². The van der Waals surface area contributed by atoms with E-state index >= 15 is 0 Å². The molecule has 0 aromatic rings. The van der Waals surface area contributed by atoms with Gasteiger partial charge in [-0.2, -0.15) is 0 Å². The molecule has 2 heteroatoms. The third-order valence-electron chi connectivity index (χ3n) is 3.43. The lowest BCUT2D eigenvalue weighted by Gasteiger charge is -2.29. The van der Waals surface area contributed by atoms with Gasteiger partial charge in [0.2, 0.25) is 0 Å². The molecule has 0 amide bonds. The van der Waals surface area contributed by atoms with Gasteiger partial charge >= 0.3 is 0 Å². The SMILES string of the molecule is CCC1CCCC(NCCOC(C)(C)C)C1. The van der Waals surface area contributed by atoms with Crippen molar-refractivity contribution in [2.24, 2.45) is 5.92 Å². The van der Waals surface area contributed by atoms with Crippen LogP contribution in [0.1, 0.15) is 59.8 Å². The van der Waals surface area contributed by atoms with Crippen molar-refractivity contribution >= 4 is 0 Å². The van der Waals surface area contributed by atoms with Gasteiger partial charge in [0.1, 0.15) is 0 Å². The first-order valence-electron chi connectivity index (χ1n) is 6.88. The van der Waals surface area contributed by atoms with E-state index in [4.69, 9.17) is 4.74 Å². The summed E-state index contributed by atoms with van der Waals surface area (Å²) in [6, 6.07) is 0.738. The number of hydrogen-bond acceptors (Lipinski definition) is 2. The normalized spacial score (nSPS) is 27.0. The van der Waals surface area contributed by atoms with Gasteiger partial charge in [0, 0.05) is 12.6 Å². The molecule has 1 aliphatic carbocycles. The van der Waals surface area contributed by atoms with Crippen molar-refractivity contribution in [2.75, 3.05) is 13.2 Å². The van der Waals surface area contributed by atoms with Crippen molar-refractivity contribution in [1.82, 2.24) is 5.32 Å². The number of rotatable bonds is 5. The number of ether oxygens (including phenoxy) is 1. The maximum atomic E-state index is 5.71. The summed E-state index contributed by atoms with van der Waals surface area (Å²) in [5, 5.41) is 3.63. The molecule has 0 spiro atoms. The summed E-state index contributed by atoms with van der Waals surface area (Å²) in [4.78, 5) is 0. The summed E-state index contributed by atoms with van der Waals surface area (Å²) in [5.74, 6) is 0.954. The largest absolute Gasteiger partial charge is 0.375 e. The second-order valence-electron chi connectivity index (χ2n) is 6.05. The van der Waals surface area contributed by atoms with Crippen LogP contribution in [0.25, 0.3) is 0 Å². The average Bonchev–Trinajstić information content (AvgIpc) is 2.23.